The molecule has 1 aromatic rings. The highest BCUT2D eigenvalue weighted by Crippen LogP contribution is 2.28. The molecule has 1 heterocycles. The summed E-state index contributed by atoms with van der Waals surface area (Å²) in [5.74, 6) is 0.687. The van der Waals surface area contributed by atoms with Crippen molar-refractivity contribution < 1.29 is 17.6 Å². The van der Waals surface area contributed by atoms with E-state index in [0.29, 0.717) is 12.2 Å². The second-order valence-corrected chi connectivity index (χ2v) is 7.81. The molecule has 1 saturated carbocycles. The van der Waals surface area contributed by atoms with Gasteiger partial charge in [-0.15, -0.1) is 0 Å². The van der Waals surface area contributed by atoms with Gasteiger partial charge < -0.3 is 9.32 Å². The number of hydrogen-bond donors (Lipinski definition) is 0. The molecule has 0 bridgehead atoms. The Kier molecular flexibility index (Phi) is 4.22. The van der Waals surface area contributed by atoms with E-state index in [4.69, 9.17) is 4.42 Å². The van der Waals surface area contributed by atoms with Gasteiger partial charge in [-0.25, -0.2) is 8.42 Å². The highest BCUT2D eigenvalue weighted by Gasteiger charge is 2.37. The molecule has 2 rings (SSSR count). The van der Waals surface area contributed by atoms with Crippen molar-refractivity contribution in [1.82, 2.24) is 4.90 Å². The summed E-state index contributed by atoms with van der Waals surface area (Å²) in [5, 5.41) is -0.471. The zero-order valence-electron chi connectivity index (χ0n) is 12.1. The molecule has 1 aliphatic rings. The fourth-order valence-corrected chi connectivity index (χ4v) is 4.38. The Morgan fingerprint density at radius 1 is 1.30 bits per heavy atom. The highest BCUT2D eigenvalue weighted by molar-refractivity contribution is 7.91. The van der Waals surface area contributed by atoms with E-state index in [0.717, 1.165) is 19.3 Å². The van der Waals surface area contributed by atoms with Crippen molar-refractivity contribution >= 4 is 15.7 Å². The average Bonchev–Trinajstić information content (AvgIpc) is 2.83. The SMILES string of the molecule is Cc1ccc(C(=O)N(C)C2CCCCC2S(C)(=O)=O)o1. The first-order valence-corrected chi connectivity index (χ1v) is 8.78. The fourth-order valence-electron chi connectivity index (χ4n) is 2.89. The van der Waals surface area contributed by atoms with E-state index in [1.807, 2.05) is 0 Å². The Hall–Kier alpha value is -1.30. The van der Waals surface area contributed by atoms with Crippen LogP contribution in [0.25, 0.3) is 0 Å². The van der Waals surface area contributed by atoms with Gasteiger partial charge in [0.05, 0.1) is 5.25 Å². The Morgan fingerprint density at radius 3 is 2.50 bits per heavy atom. The normalized spacial score (nSPS) is 23.6. The smallest absolute Gasteiger partial charge is 0.289 e. The topological polar surface area (TPSA) is 67.6 Å². The molecule has 112 valence electrons. The van der Waals surface area contributed by atoms with Crippen LogP contribution in [0.3, 0.4) is 0 Å². The summed E-state index contributed by atoms with van der Waals surface area (Å²) in [4.78, 5) is 13.9. The number of aryl methyl sites for hydroxylation is 1. The number of carbonyl (C=O) groups is 1. The summed E-state index contributed by atoms with van der Waals surface area (Å²) in [6, 6.07) is 3.10. The minimum absolute atomic E-state index is 0.251. The first-order valence-electron chi connectivity index (χ1n) is 6.83. The Balaban J connectivity index is 2.21. The number of amides is 1. The van der Waals surface area contributed by atoms with Crippen LogP contribution >= 0.6 is 0 Å². The lowest BCUT2D eigenvalue weighted by atomic mass is 9.93. The van der Waals surface area contributed by atoms with Gasteiger partial charge in [0.15, 0.2) is 15.6 Å². The third-order valence-corrected chi connectivity index (χ3v) is 5.64. The van der Waals surface area contributed by atoms with Gasteiger partial charge in [0, 0.05) is 19.3 Å². The molecular weight excluding hydrogens is 278 g/mol. The van der Waals surface area contributed by atoms with E-state index in [1.54, 1.807) is 26.1 Å². The van der Waals surface area contributed by atoms with Crippen molar-refractivity contribution in [3.05, 3.63) is 23.7 Å². The quantitative estimate of drug-likeness (QED) is 0.856. The summed E-state index contributed by atoms with van der Waals surface area (Å²) in [6.45, 7) is 1.77. The van der Waals surface area contributed by atoms with Crippen molar-refractivity contribution in [3.8, 4) is 0 Å². The van der Waals surface area contributed by atoms with Gasteiger partial charge in [-0.3, -0.25) is 4.79 Å². The molecule has 0 saturated heterocycles. The third-order valence-electron chi connectivity index (χ3n) is 3.99. The molecule has 0 N–H and O–H groups in total. The number of sulfone groups is 1. The van der Waals surface area contributed by atoms with Crippen molar-refractivity contribution in [2.75, 3.05) is 13.3 Å². The molecule has 20 heavy (non-hydrogen) atoms. The van der Waals surface area contributed by atoms with Crippen molar-refractivity contribution in [2.45, 2.75) is 43.9 Å². The molecule has 0 aromatic carbocycles. The number of rotatable bonds is 3. The van der Waals surface area contributed by atoms with E-state index < -0.39 is 15.1 Å². The summed E-state index contributed by atoms with van der Waals surface area (Å²) < 4.78 is 29.1. The Morgan fingerprint density at radius 2 is 1.95 bits per heavy atom. The molecule has 1 aliphatic carbocycles. The summed E-state index contributed by atoms with van der Waals surface area (Å²) in [6.07, 6.45) is 4.45. The first-order chi connectivity index (χ1) is 9.30. The molecule has 1 amide bonds. The van der Waals surface area contributed by atoms with Crippen molar-refractivity contribution in [2.24, 2.45) is 0 Å². The minimum Gasteiger partial charge on any atom is -0.456 e. The zero-order chi connectivity index (χ0) is 14.9. The first kappa shape index (κ1) is 15.1. The molecule has 0 aliphatic heterocycles. The molecule has 2 atom stereocenters. The van der Waals surface area contributed by atoms with Crippen LogP contribution in [0.5, 0.6) is 0 Å². The van der Waals surface area contributed by atoms with E-state index in [9.17, 15) is 13.2 Å². The second-order valence-electron chi connectivity index (χ2n) is 5.55. The lowest BCUT2D eigenvalue weighted by Crippen LogP contribution is -2.49. The van der Waals surface area contributed by atoms with Crippen LogP contribution in [0.1, 0.15) is 42.0 Å². The summed E-state index contributed by atoms with van der Waals surface area (Å²) in [5.41, 5.74) is 0. The number of hydrogen-bond acceptors (Lipinski definition) is 4. The van der Waals surface area contributed by atoms with Gasteiger partial charge >= 0.3 is 0 Å². The van der Waals surface area contributed by atoms with E-state index >= 15 is 0 Å². The van der Waals surface area contributed by atoms with Crippen LogP contribution in [-0.2, 0) is 9.84 Å². The monoisotopic (exact) mass is 299 g/mol. The Labute approximate surface area is 119 Å². The van der Waals surface area contributed by atoms with Crippen LogP contribution in [0.4, 0.5) is 0 Å². The number of furan rings is 1. The number of nitrogens with zero attached hydrogens (tertiary/aromatic N) is 1. The molecule has 5 nitrogen and oxygen atoms in total. The molecular formula is C14H21NO4S. The third kappa shape index (κ3) is 3.06. The van der Waals surface area contributed by atoms with Crippen LogP contribution in [-0.4, -0.2) is 43.8 Å². The predicted octanol–water partition coefficient (Wildman–Crippen LogP) is 2.02. The fraction of sp³-hybridized carbons (Fsp3) is 0.643. The zero-order valence-corrected chi connectivity index (χ0v) is 12.9. The van der Waals surface area contributed by atoms with Gasteiger partial charge in [0.25, 0.3) is 5.91 Å². The van der Waals surface area contributed by atoms with E-state index in [1.165, 1.54) is 11.2 Å². The average molecular weight is 299 g/mol. The largest absolute Gasteiger partial charge is 0.456 e. The van der Waals surface area contributed by atoms with Crippen LogP contribution in [0.2, 0.25) is 0 Å². The van der Waals surface area contributed by atoms with Crippen LogP contribution in [0, 0.1) is 6.92 Å². The maximum absolute atomic E-state index is 12.4. The molecule has 1 aromatic heterocycles. The summed E-state index contributed by atoms with van der Waals surface area (Å²) >= 11 is 0. The second kappa shape index (κ2) is 5.60. The predicted molar refractivity (Wildman–Crippen MR) is 76.4 cm³/mol. The minimum atomic E-state index is -3.16. The lowest BCUT2D eigenvalue weighted by molar-refractivity contribution is 0.0667. The van der Waals surface area contributed by atoms with E-state index in [2.05, 4.69) is 0 Å². The van der Waals surface area contributed by atoms with Crippen molar-refractivity contribution in [3.63, 3.8) is 0 Å². The summed E-state index contributed by atoms with van der Waals surface area (Å²) in [7, 11) is -1.49. The maximum atomic E-state index is 12.4. The highest BCUT2D eigenvalue weighted by atomic mass is 32.2. The van der Waals surface area contributed by atoms with Crippen molar-refractivity contribution in [1.29, 1.82) is 0 Å². The maximum Gasteiger partial charge on any atom is 0.289 e. The van der Waals surface area contributed by atoms with Gasteiger partial charge in [-0.05, 0) is 31.9 Å². The molecule has 1 fully saturated rings. The number of carbonyl (C=O) groups excluding carboxylic acids is 1. The Bertz CT molecular complexity index is 590. The molecule has 6 heteroatoms. The van der Waals surface area contributed by atoms with Crippen LogP contribution < -0.4 is 0 Å². The van der Waals surface area contributed by atoms with E-state index in [-0.39, 0.29) is 17.7 Å². The van der Waals surface area contributed by atoms with Gasteiger partial charge in [-0.2, -0.15) is 0 Å². The molecule has 0 radical (unpaired) electrons. The van der Waals surface area contributed by atoms with Gasteiger partial charge in [-0.1, -0.05) is 12.8 Å². The van der Waals surface area contributed by atoms with Gasteiger partial charge in [0.2, 0.25) is 0 Å². The molecule has 0 spiro atoms. The standard InChI is InChI=1S/C14H21NO4S/c1-10-8-9-12(19-10)14(16)15(2)11-6-4-5-7-13(11)20(3,17)18/h8-9,11,13H,4-7H2,1-3H3. The van der Waals surface area contributed by atoms with Crippen LogP contribution in [0.15, 0.2) is 16.5 Å². The molecule has 2 unspecified atom stereocenters. The van der Waals surface area contributed by atoms with Gasteiger partial charge in [0.1, 0.15) is 5.76 Å². The lowest BCUT2D eigenvalue weighted by Gasteiger charge is -2.36.